The number of hydrogen-bond donors (Lipinski definition) is 0. The number of hydroxylamine groups is 1. The summed E-state index contributed by atoms with van der Waals surface area (Å²) in [6.07, 6.45) is 2.99. The quantitative estimate of drug-likeness (QED) is 0.121. The monoisotopic (exact) mass is 838 g/mol. The maximum atomic E-state index is 16.4. The van der Waals surface area contributed by atoms with Crippen LogP contribution in [0.25, 0.3) is 55.6 Å². The van der Waals surface area contributed by atoms with Gasteiger partial charge in [-0.3, -0.25) is 9.29 Å². The number of benzene rings is 8. The Labute approximate surface area is 377 Å². The number of fused-ring (bicyclic) bond motifs is 5. The first kappa shape index (κ1) is 40.6. The van der Waals surface area contributed by atoms with Gasteiger partial charge in [0.2, 0.25) is 0 Å². The van der Waals surface area contributed by atoms with Gasteiger partial charge >= 0.3 is 0 Å². The fraction of sp³-hybridized carbons (Fsp3) is 0.0877. The molecule has 0 aliphatic carbocycles. The van der Waals surface area contributed by atoms with Gasteiger partial charge in [-0.2, -0.15) is 21.0 Å². The molecule has 2 aliphatic rings. The first-order valence-corrected chi connectivity index (χ1v) is 21.5. The fourth-order valence-corrected chi connectivity index (χ4v) is 9.58. The molecule has 2 heterocycles. The van der Waals surface area contributed by atoms with Crippen molar-refractivity contribution in [3.05, 3.63) is 208 Å². The van der Waals surface area contributed by atoms with Crippen LogP contribution in [0.3, 0.4) is 0 Å². The van der Waals surface area contributed by atoms with E-state index < -0.39 is 9.29 Å². The van der Waals surface area contributed by atoms with Gasteiger partial charge in [0, 0.05) is 48.0 Å². The first-order chi connectivity index (χ1) is 31.7. The van der Waals surface area contributed by atoms with Crippen LogP contribution in [0.2, 0.25) is 0 Å². The number of nitriles is 4. The van der Waals surface area contributed by atoms with E-state index in [2.05, 4.69) is 24.3 Å². The second-order valence-corrected chi connectivity index (χ2v) is 16.7. The molecule has 0 N–H and O–H groups in total. The van der Waals surface area contributed by atoms with Crippen molar-refractivity contribution in [2.24, 2.45) is 0 Å². The molecule has 0 spiro atoms. The Balaban J connectivity index is 1.18. The third-order valence-corrected chi connectivity index (χ3v) is 12.9. The molecule has 0 bridgehead atoms. The first-order valence-electron chi connectivity index (χ1n) is 21.5. The average Bonchev–Trinajstić information content (AvgIpc) is 3.63. The Kier molecular flexibility index (Phi) is 10.2. The van der Waals surface area contributed by atoms with Crippen molar-refractivity contribution in [2.75, 3.05) is 6.54 Å². The van der Waals surface area contributed by atoms with E-state index in [0.717, 1.165) is 74.0 Å². The molecule has 0 radical (unpaired) electrons. The minimum absolute atomic E-state index is 0.287. The number of hydrogen-bond acceptors (Lipinski definition) is 6. The summed E-state index contributed by atoms with van der Waals surface area (Å²) >= 11 is 0. The lowest BCUT2D eigenvalue weighted by atomic mass is 9.91. The van der Waals surface area contributed by atoms with Crippen LogP contribution < -0.4 is 9.29 Å². The number of rotatable bonds is 6. The van der Waals surface area contributed by atoms with Gasteiger partial charge in [0.1, 0.15) is 17.1 Å². The summed E-state index contributed by atoms with van der Waals surface area (Å²) in [7, 11) is 0. The highest BCUT2D eigenvalue weighted by Crippen LogP contribution is 2.61. The molecule has 8 aromatic carbocycles. The van der Waals surface area contributed by atoms with Gasteiger partial charge in [0.25, 0.3) is 0 Å². The second kappa shape index (κ2) is 16.4. The molecule has 0 amide bonds. The van der Waals surface area contributed by atoms with Gasteiger partial charge in [-0.05, 0) is 137 Å². The molecule has 2 unspecified atom stereocenters. The summed E-state index contributed by atoms with van der Waals surface area (Å²) in [5.74, 6) is 0. The maximum Gasteiger partial charge on any atom is 0.151 e. The van der Waals surface area contributed by atoms with Crippen LogP contribution >= 0.6 is 0 Å². The predicted molar refractivity (Wildman–Crippen MR) is 257 cm³/mol. The molecule has 0 saturated carbocycles. The van der Waals surface area contributed by atoms with E-state index in [1.165, 1.54) is 0 Å². The van der Waals surface area contributed by atoms with Crippen molar-refractivity contribution in [3.8, 4) is 79.9 Å². The molecule has 8 heteroatoms. The fourth-order valence-electron chi connectivity index (χ4n) is 9.58. The van der Waals surface area contributed by atoms with E-state index in [9.17, 15) is 21.0 Å². The molecular weight excluding hydrogens is 801 g/mol. The molecule has 10 rings (SSSR count). The van der Waals surface area contributed by atoms with Crippen molar-refractivity contribution in [1.29, 1.82) is 21.0 Å². The summed E-state index contributed by atoms with van der Waals surface area (Å²) in [5, 5.41) is 70.9. The minimum Gasteiger partial charge on any atom is -0.622 e. The molecular formula is C57H38N6O2. The van der Waals surface area contributed by atoms with Gasteiger partial charge in [-0.25, -0.2) is 0 Å². The highest BCUT2D eigenvalue weighted by Gasteiger charge is 2.44. The Bertz CT molecular complexity index is 3200. The van der Waals surface area contributed by atoms with Crippen molar-refractivity contribution < 1.29 is 0 Å². The second-order valence-electron chi connectivity index (χ2n) is 16.7. The van der Waals surface area contributed by atoms with E-state index in [4.69, 9.17) is 0 Å². The predicted octanol–water partition coefficient (Wildman–Crippen LogP) is 14.2. The summed E-state index contributed by atoms with van der Waals surface area (Å²) in [5.41, 5.74) is 13.9. The maximum absolute atomic E-state index is 16.4. The number of nitrogens with zero attached hydrogens (tertiary/aromatic N) is 6. The van der Waals surface area contributed by atoms with E-state index in [0.29, 0.717) is 63.5 Å². The van der Waals surface area contributed by atoms with E-state index in [-0.39, 0.29) is 6.54 Å². The number of para-hydroxylation sites is 1. The summed E-state index contributed by atoms with van der Waals surface area (Å²) in [6, 6.07) is 61.4. The molecule has 2 aliphatic heterocycles. The molecule has 8 aromatic rings. The molecule has 0 fully saturated rings. The summed E-state index contributed by atoms with van der Waals surface area (Å²) in [6.45, 7) is 0.287. The van der Waals surface area contributed by atoms with Crippen LogP contribution in [0.1, 0.15) is 47.1 Å². The van der Waals surface area contributed by atoms with Crippen LogP contribution in [0.15, 0.2) is 170 Å². The zero-order valence-corrected chi connectivity index (χ0v) is 35.2. The van der Waals surface area contributed by atoms with Gasteiger partial charge < -0.3 is 10.4 Å². The van der Waals surface area contributed by atoms with E-state index in [1.807, 2.05) is 121 Å². The third kappa shape index (κ3) is 7.03. The lowest BCUT2D eigenvalue weighted by Crippen LogP contribution is -2.40. The standard InChI is InChI=1S/C57H38N6O2/c58-34-38-9-17-42(18-10-38)46-28-47(43-19-11-39(35-59)12-20-43)31-50(30-46)62(64)27-5-1-2-6-52-54(62)25-26-56-57(52)53-7-3-4-8-55(53)63(56,65)51-32-48(44-21-13-40(36-60)14-22-44)29-49(33-51)45-23-15-41(37-61)16-24-45/h3-4,7-26,28-33H,1-2,5-6,27H2. The zero-order valence-electron chi connectivity index (χ0n) is 35.2. The Morgan fingerprint density at radius 2 is 0.800 bits per heavy atom. The minimum atomic E-state index is -0.887. The highest BCUT2D eigenvalue weighted by atomic mass is 16.6. The van der Waals surface area contributed by atoms with Crippen LogP contribution in [0.4, 0.5) is 28.4 Å². The van der Waals surface area contributed by atoms with E-state index in [1.54, 1.807) is 48.5 Å². The van der Waals surface area contributed by atoms with Crippen LogP contribution in [0, 0.1) is 55.7 Å². The molecule has 308 valence electrons. The van der Waals surface area contributed by atoms with E-state index >= 15 is 10.4 Å². The van der Waals surface area contributed by atoms with Crippen LogP contribution in [-0.4, -0.2) is 6.54 Å². The van der Waals surface area contributed by atoms with Crippen LogP contribution in [0.5, 0.6) is 0 Å². The summed E-state index contributed by atoms with van der Waals surface area (Å²) in [4.78, 5) is 0. The summed E-state index contributed by atoms with van der Waals surface area (Å²) < 4.78 is -1.63. The molecule has 2 atom stereocenters. The average molecular weight is 839 g/mol. The molecule has 0 saturated heterocycles. The SMILES string of the molecule is N#Cc1ccc(-c2cc(-c3ccc(C#N)cc3)cc([N+]3([O-])CCCCCc4c3ccc3c4-c4ccccc4[N+]3([O-])c3cc(-c4ccc(C#N)cc4)cc(-c4ccc(C#N)cc4)c3)c2)cc1. The Hall–Kier alpha value is -8.44. The highest BCUT2D eigenvalue weighted by molar-refractivity contribution is 6.03. The van der Waals surface area contributed by atoms with Gasteiger partial charge in [-0.1, -0.05) is 60.7 Å². The lowest BCUT2D eigenvalue weighted by Gasteiger charge is -2.45. The molecule has 0 aromatic heterocycles. The molecule has 65 heavy (non-hydrogen) atoms. The number of quaternary nitrogens is 2. The third-order valence-electron chi connectivity index (χ3n) is 12.9. The van der Waals surface area contributed by atoms with Gasteiger partial charge in [0.05, 0.1) is 64.2 Å². The van der Waals surface area contributed by atoms with Crippen molar-refractivity contribution >= 4 is 28.4 Å². The Morgan fingerprint density at radius 1 is 0.385 bits per heavy atom. The van der Waals surface area contributed by atoms with Gasteiger partial charge in [0.15, 0.2) is 11.4 Å². The molecule has 8 nitrogen and oxygen atoms in total. The van der Waals surface area contributed by atoms with Crippen molar-refractivity contribution in [3.63, 3.8) is 0 Å². The smallest absolute Gasteiger partial charge is 0.151 e. The normalized spacial score (nSPS) is 17.1. The van der Waals surface area contributed by atoms with Gasteiger partial charge in [-0.15, -0.1) is 0 Å². The largest absolute Gasteiger partial charge is 0.622 e. The Morgan fingerprint density at radius 3 is 1.25 bits per heavy atom. The zero-order chi connectivity index (χ0) is 44.7. The topological polar surface area (TPSA) is 141 Å². The lowest BCUT2D eigenvalue weighted by molar-refractivity contribution is 0.457. The van der Waals surface area contributed by atoms with Crippen molar-refractivity contribution in [2.45, 2.75) is 25.7 Å². The van der Waals surface area contributed by atoms with Crippen LogP contribution in [-0.2, 0) is 6.42 Å². The van der Waals surface area contributed by atoms with Crippen molar-refractivity contribution in [1.82, 2.24) is 9.29 Å².